The Bertz CT molecular complexity index is 415. The molecule has 0 radical (unpaired) electrons. The Morgan fingerprint density at radius 3 is 2.75 bits per heavy atom. The molecule has 1 aliphatic rings. The summed E-state index contributed by atoms with van der Waals surface area (Å²) in [7, 11) is 0. The van der Waals surface area contributed by atoms with Gasteiger partial charge in [-0.05, 0) is 13.8 Å². The number of ether oxygens (including phenoxy) is 1. The van der Waals surface area contributed by atoms with Crippen molar-refractivity contribution in [2.45, 2.75) is 25.6 Å². The summed E-state index contributed by atoms with van der Waals surface area (Å²) in [6.45, 7) is 4.14. The highest BCUT2D eigenvalue weighted by Gasteiger charge is 2.35. The maximum atomic E-state index is 12.4. The largest absolute Gasteiger partial charge is 0.484 e. The second kappa shape index (κ2) is 3.26. The Balaban J connectivity index is 2.39. The van der Waals surface area contributed by atoms with Crippen molar-refractivity contribution in [2.24, 2.45) is 0 Å². The molecule has 16 heavy (non-hydrogen) atoms. The van der Waals surface area contributed by atoms with Gasteiger partial charge in [0.25, 0.3) is 0 Å². The van der Waals surface area contributed by atoms with E-state index in [0.717, 1.165) is 12.3 Å². The lowest BCUT2D eigenvalue weighted by molar-refractivity contribution is -0.141. The van der Waals surface area contributed by atoms with E-state index >= 15 is 0 Å². The summed E-state index contributed by atoms with van der Waals surface area (Å²) < 4.78 is 42.7. The van der Waals surface area contributed by atoms with Crippen LogP contribution >= 0.6 is 0 Å². The standard InChI is InChI=1S/C10H11F3N2O/c1-9(2)5-15-6-4-14-8(10(11,12)13)3-7(6)16-9/h3-4,15H,5H2,1-2H3. The molecule has 0 aromatic carbocycles. The van der Waals surface area contributed by atoms with E-state index in [1.54, 1.807) is 13.8 Å². The molecule has 0 spiro atoms. The van der Waals surface area contributed by atoms with Gasteiger partial charge in [-0.2, -0.15) is 13.2 Å². The molecule has 1 aliphatic heterocycles. The van der Waals surface area contributed by atoms with E-state index < -0.39 is 17.5 Å². The zero-order chi connectivity index (χ0) is 12.0. The predicted molar refractivity (Wildman–Crippen MR) is 52.4 cm³/mol. The molecule has 0 saturated heterocycles. The first kappa shape index (κ1) is 11.0. The van der Waals surface area contributed by atoms with Gasteiger partial charge in [0, 0.05) is 6.07 Å². The minimum absolute atomic E-state index is 0.193. The minimum atomic E-state index is -4.44. The van der Waals surface area contributed by atoms with Crippen LogP contribution in [0.25, 0.3) is 0 Å². The number of nitrogens with zero attached hydrogens (tertiary/aromatic N) is 1. The molecule has 0 atom stereocenters. The SMILES string of the molecule is CC1(C)CNc2cnc(C(F)(F)F)cc2O1. The number of alkyl halides is 3. The molecule has 0 amide bonds. The normalized spacial score (nSPS) is 18.3. The van der Waals surface area contributed by atoms with E-state index in [9.17, 15) is 13.2 Å². The minimum Gasteiger partial charge on any atom is -0.484 e. The monoisotopic (exact) mass is 232 g/mol. The van der Waals surface area contributed by atoms with Crippen LogP contribution in [0.2, 0.25) is 0 Å². The Hall–Kier alpha value is -1.46. The number of anilines is 1. The third-order valence-electron chi connectivity index (χ3n) is 2.25. The number of fused-ring (bicyclic) bond motifs is 1. The Morgan fingerprint density at radius 1 is 1.44 bits per heavy atom. The van der Waals surface area contributed by atoms with Crippen LogP contribution in [0, 0.1) is 0 Å². The molecule has 1 aromatic heterocycles. The summed E-state index contributed by atoms with van der Waals surface area (Å²) in [5, 5.41) is 2.98. The topological polar surface area (TPSA) is 34.2 Å². The van der Waals surface area contributed by atoms with Gasteiger partial charge in [0.15, 0.2) is 0 Å². The van der Waals surface area contributed by atoms with Gasteiger partial charge in [-0.15, -0.1) is 0 Å². The van der Waals surface area contributed by atoms with Crippen LogP contribution in [0.1, 0.15) is 19.5 Å². The number of nitrogens with one attached hydrogen (secondary N) is 1. The third kappa shape index (κ3) is 2.05. The molecular weight excluding hydrogens is 221 g/mol. The molecule has 1 aromatic rings. The van der Waals surface area contributed by atoms with E-state index in [2.05, 4.69) is 10.3 Å². The fraction of sp³-hybridized carbons (Fsp3) is 0.500. The average molecular weight is 232 g/mol. The van der Waals surface area contributed by atoms with E-state index in [-0.39, 0.29) is 5.75 Å². The Morgan fingerprint density at radius 2 is 2.12 bits per heavy atom. The first-order valence-electron chi connectivity index (χ1n) is 4.78. The fourth-order valence-corrected chi connectivity index (χ4v) is 1.45. The average Bonchev–Trinajstić information content (AvgIpc) is 2.13. The number of aromatic nitrogens is 1. The molecule has 0 bridgehead atoms. The first-order chi connectivity index (χ1) is 7.28. The van der Waals surface area contributed by atoms with Crippen LogP contribution in [0.3, 0.4) is 0 Å². The molecule has 3 nitrogen and oxygen atoms in total. The second-order valence-corrected chi connectivity index (χ2v) is 4.28. The third-order valence-corrected chi connectivity index (χ3v) is 2.25. The van der Waals surface area contributed by atoms with Crippen molar-refractivity contribution < 1.29 is 17.9 Å². The van der Waals surface area contributed by atoms with Crippen molar-refractivity contribution in [2.75, 3.05) is 11.9 Å². The zero-order valence-corrected chi connectivity index (χ0v) is 8.85. The number of hydrogen-bond acceptors (Lipinski definition) is 3. The lowest BCUT2D eigenvalue weighted by Crippen LogP contribution is -2.40. The Labute approximate surface area is 90.6 Å². The van der Waals surface area contributed by atoms with Crippen LogP contribution in [0.15, 0.2) is 12.3 Å². The van der Waals surface area contributed by atoms with Gasteiger partial charge < -0.3 is 10.1 Å². The van der Waals surface area contributed by atoms with Gasteiger partial charge in [0.1, 0.15) is 17.0 Å². The smallest absolute Gasteiger partial charge is 0.433 e. The van der Waals surface area contributed by atoms with Crippen molar-refractivity contribution in [1.82, 2.24) is 4.98 Å². The molecule has 6 heteroatoms. The van der Waals surface area contributed by atoms with Crippen LogP contribution in [0.4, 0.5) is 18.9 Å². The number of pyridine rings is 1. The predicted octanol–water partition coefficient (Wildman–Crippen LogP) is 2.68. The quantitative estimate of drug-likeness (QED) is 0.746. The van der Waals surface area contributed by atoms with Crippen LogP contribution < -0.4 is 10.1 Å². The van der Waals surface area contributed by atoms with Crippen molar-refractivity contribution in [3.63, 3.8) is 0 Å². The van der Waals surface area contributed by atoms with Gasteiger partial charge in [-0.1, -0.05) is 0 Å². The highest BCUT2D eigenvalue weighted by atomic mass is 19.4. The van der Waals surface area contributed by atoms with Crippen LogP contribution in [-0.4, -0.2) is 17.1 Å². The lowest BCUT2D eigenvalue weighted by Gasteiger charge is -2.33. The molecule has 88 valence electrons. The number of hydrogen-bond donors (Lipinski definition) is 1. The van der Waals surface area contributed by atoms with Crippen LogP contribution in [-0.2, 0) is 6.18 Å². The highest BCUT2D eigenvalue weighted by molar-refractivity contribution is 5.57. The van der Waals surface area contributed by atoms with Crippen LogP contribution in [0.5, 0.6) is 5.75 Å². The maximum absolute atomic E-state index is 12.4. The molecule has 2 rings (SSSR count). The molecule has 0 saturated carbocycles. The van der Waals surface area contributed by atoms with Crippen molar-refractivity contribution >= 4 is 5.69 Å². The van der Waals surface area contributed by atoms with Crippen molar-refractivity contribution in [3.8, 4) is 5.75 Å². The molecule has 0 unspecified atom stereocenters. The van der Waals surface area contributed by atoms with E-state index in [4.69, 9.17) is 4.74 Å². The van der Waals surface area contributed by atoms with Gasteiger partial charge >= 0.3 is 6.18 Å². The van der Waals surface area contributed by atoms with Crippen molar-refractivity contribution in [3.05, 3.63) is 18.0 Å². The maximum Gasteiger partial charge on any atom is 0.433 e. The number of halogens is 3. The fourth-order valence-electron chi connectivity index (χ4n) is 1.45. The first-order valence-corrected chi connectivity index (χ1v) is 4.78. The molecule has 0 aliphatic carbocycles. The number of rotatable bonds is 0. The summed E-state index contributed by atoms with van der Waals surface area (Å²) in [4.78, 5) is 3.34. The second-order valence-electron chi connectivity index (χ2n) is 4.28. The van der Waals surface area contributed by atoms with E-state index in [1.165, 1.54) is 0 Å². The van der Waals surface area contributed by atoms with Gasteiger partial charge in [-0.25, -0.2) is 4.98 Å². The van der Waals surface area contributed by atoms with Gasteiger partial charge in [-0.3, -0.25) is 0 Å². The highest BCUT2D eigenvalue weighted by Crippen LogP contribution is 2.36. The summed E-state index contributed by atoms with van der Waals surface area (Å²) in [5.41, 5.74) is -0.963. The molecular formula is C10H11F3N2O. The molecule has 0 fully saturated rings. The Kier molecular flexibility index (Phi) is 2.25. The molecule has 1 N–H and O–H groups in total. The van der Waals surface area contributed by atoms with E-state index in [0.29, 0.717) is 12.2 Å². The van der Waals surface area contributed by atoms with Gasteiger partial charge in [0.2, 0.25) is 0 Å². The summed E-state index contributed by atoms with van der Waals surface area (Å²) in [6, 6.07) is 0.920. The summed E-state index contributed by atoms with van der Waals surface area (Å²) >= 11 is 0. The lowest BCUT2D eigenvalue weighted by atomic mass is 10.1. The molecule has 2 heterocycles. The van der Waals surface area contributed by atoms with Gasteiger partial charge in [0.05, 0.1) is 18.4 Å². The summed E-state index contributed by atoms with van der Waals surface area (Å²) in [5.74, 6) is 0.193. The van der Waals surface area contributed by atoms with E-state index in [1.807, 2.05) is 0 Å². The zero-order valence-electron chi connectivity index (χ0n) is 8.85. The van der Waals surface area contributed by atoms with Crippen molar-refractivity contribution in [1.29, 1.82) is 0 Å². The summed E-state index contributed by atoms with van der Waals surface area (Å²) in [6.07, 6.45) is -3.30.